The SMILES string of the molecule is COc1ccc(OC)c(-c2ccc(SCC(=O)N3CCN(c4ccccc4)CC3)nn2)c1. The molecular formula is C24H26N4O3S. The molecule has 0 atom stereocenters. The van der Waals surface area contributed by atoms with Gasteiger partial charge in [0.25, 0.3) is 0 Å². The van der Waals surface area contributed by atoms with E-state index in [9.17, 15) is 4.79 Å². The average molecular weight is 451 g/mol. The van der Waals surface area contributed by atoms with Crippen LogP contribution in [0.5, 0.6) is 11.5 Å². The largest absolute Gasteiger partial charge is 0.497 e. The fourth-order valence-corrected chi connectivity index (χ4v) is 4.35. The van der Waals surface area contributed by atoms with Gasteiger partial charge >= 0.3 is 0 Å². The van der Waals surface area contributed by atoms with Gasteiger partial charge in [0, 0.05) is 37.4 Å². The van der Waals surface area contributed by atoms with Crippen LogP contribution in [-0.2, 0) is 4.79 Å². The molecule has 1 amide bonds. The van der Waals surface area contributed by atoms with Crippen molar-refractivity contribution in [3.8, 4) is 22.8 Å². The zero-order valence-electron chi connectivity index (χ0n) is 18.2. The minimum atomic E-state index is 0.128. The molecule has 3 aromatic rings. The van der Waals surface area contributed by atoms with Gasteiger partial charge in [0.2, 0.25) is 5.91 Å². The normalized spacial score (nSPS) is 13.7. The van der Waals surface area contributed by atoms with Crippen molar-refractivity contribution in [3.05, 3.63) is 60.7 Å². The molecule has 4 rings (SSSR count). The van der Waals surface area contributed by atoms with Crippen LogP contribution < -0.4 is 14.4 Å². The van der Waals surface area contributed by atoms with Gasteiger partial charge in [-0.05, 0) is 42.5 Å². The van der Waals surface area contributed by atoms with E-state index in [2.05, 4.69) is 27.2 Å². The van der Waals surface area contributed by atoms with Crippen molar-refractivity contribution in [2.24, 2.45) is 0 Å². The second-order valence-electron chi connectivity index (χ2n) is 7.32. The topological polar surface area (TPSA) is 67.8 Å². The fraction of sp³-hybridized carbons (Fsp3) is 0.292. The zero-order valence-corrected chi connectivity index (χ0v) is 19.0. The van der Waals surface area contributed by atoms with Crippen molar-refractivity contribution in [1.82, 2.24) is 15.1 Å². The molecule has 0 radical (unpaired) electrons. The van der Waals surface area contributed by atoms with Crippen LogP contribution in [0.2, 0.25) is 0 Å². The third kappa shape index (κ3) is 5.13. The lowest BCUT2D eigenvalue weighted by atomic mass is 10.1. The van der Waals surface area contributed by atoms with Crippen LogP contribution in [0, 0.1) is 0 Å². The Labute approximate surface area is 192 Å². The lowest BCUT2D eigenvalue weighted by Gasteiger charge is -2.36. The van der Waals surface area contributed by atoms with E-state index in [1.54, 1.807) is 14.2 Å². The Morgan fingerprint density at radius 3 is 2.38 bits per heavy atom. The number of hydrogen-bond donors (Lipinski definition) is 0. The maximum atomic E-state index is 12.7. The smallest absolute Gasteiger partial charge is 0.233 e. The van der Waals surface area contributed by atoms with E-state index in [0.717, 1.165) is 37.5 Å². The molecule has 1 aromatic heterocycles. The van der Waals surface area contributed by atoms with E-state index in [0.29, 0.717) is 22.2 Å². The summed E-state index contributed by atoms with van der Waals surface area (Å²) in [6.45, 7) is 3.15. The van der Waals surface area contributed by atoms with E-state index in [1.165, 1.54) is 17.4 Å². The summed E-state index contributed by atoms with van der Waals surface area (Å²) in [5.41, 5.74) is 2.70. The summed E-state index contributed by atoms with van der Waals surface area (Å²) in [4.78, 5) is 16.9. The highest BCUT2D eigenvalue weighted by molar-refractivity contribution is 7.99. The van der Waals surface area contributed by atoms with Crippen LogP contribution in [0.3, 0.4) is 0 Å². The molecule has 7 nitrogen and oxygen atoms in total. The molecule has 1 aliphatic rings. The number of benzene rings is 2. The van der Waals surface area contributed by atoms with Gasteiger partial charge < -0.3 is 19.3 Å². The van der Waals surface area contributed by atoms with Crippen molar-refractivity contribution in [2.75, 3.05) is 51.1 Å². The number of rotatable bonds is 7. The van der Waals surface area contributed by atoms with Crippen LogP contribution in [0.25, 0.3) is 11.3 Å². The number of aromatic nitrogens is 2. The monoisotopic (exact) mass is 450 g/mol. The Hall–Kier alpha value is -3.26. The highest BCUT2D eigenvalue weighted by atomic mass is 32.2. The molecule has 1 saturated heterocycles. The number of anilines is 1. The van der Waals surface area contributed by atoms with Crippen LogP contribution in [0.4, 0.5) is 5.69 Å². The van der Waals surface area contributed by atoms with Gasteiger partial charge in [0.05, 0.1) is 25.7 Å². The zero-order chi connectivity index (χ0) is 22.3. The molecule has 0 N–H and O–H groups in total. The summed E-state index contributed by atoms with van der Waals surface area (Å²) in [6, 6.07) is 19.6. The molecule has 0 saturated carbocycles. The van der Waals surface area contributed by atoms with E-state index in [4.69, 9.17) is 9.47 Å². The number of nitrogens with zero attached hydrogens (tertiary/aromatic N) is 4. The number of amides is 1. The van der Waals surface area contributed by atoms with Crippen LogP contribution in [0.1, 0.15) is 0 Å². The first-order valence-electron chi connectivity index (χ1n) is 10.4. The van der Waals surface area contributed by atoms with Gasteiger partial charge in [-0.15, -0.1) is 10.2 Å². The average Bonchev–Trinajstić information content (AvgIpc) is 2.87. The maximum Gasteiger partial charge on any atom is 0.233 e. The number of carbonyl (C=O) groups is 1. The number of ether oxygens (including phenoxy) is 2. The lowest BCUT2D eigenvalue weighted by Crippen LogP contribution is -2.49. The first kappa shape index (κ1) is 22.0. The first-order chi connectivity index (χ1) is 15.7. The van der Waals surface area contributed by atoms with Gasteiger partial charge in [-0.3, -0.25) is 4.79 Å². The number of hydrogen-bond acceptors (Lipinski definition) is 7. The Morgan fingerprint density at radius 1 is 0.938 bits per heavy atom. The number of thioether (sulfide) groups is 1. The predicted molar refractivity (Wildman–Crippen MR) is 127 cm³/mol. The van der Waals surface area contributed by atoms with Gasteiger partial charge in [-0.2, -0.15) is 0 Å². The van der Waals surface area contributed by atoms with Crippen LogP contribution in [0.15, 0.2) is 65.7 Å². The third-order valence-corrected chi connectivity index (χ3v) is 6.32. The van der Waals surface area contributed by atoms with Gasteiger partial charge in [-0.25, -0.2) is 0 Å². The predicted octanol–water partition coefficient (Wildman–Crippen LogP) is 3.60. The summed E-state index contributed by atoms with van der Waals surface area (Å²) in [5.74, 6) is 1.90. The Kier molecular flexibility index (Phi) is 7.11. The molecular weight excluding hydrogens is 424 g/mol. The lowest BCUT2D eigenvalue weighted by molar-refractivity contribution is -0.128. The van der Waals surface area contributed by atoms with Crippen molar-refractivity contribution in [2.45, 2.75) is 5.03 Å². The first-order valence-corrected chi connectivity index (χ1v) is 11.4. The fourth-order valence-electron chi connectivity index (χ4n) is 3.63. The standard InChI is InChI=1S/C24H26N4O3S/c1-30-19-8-10-22(31-2)20(16-19)21-9-11-23(26-25-21)32-17-24(29)28-14-12-27(13-15-28)18-6-4-3-5-7-18/h3-11,16H,12-15,17H2,1-2H3. The Bertz CT molecular complexity index is 1040. The molecule has 8 heteroatoms. The van der Waals surface area contributed by atoms with Gasteiger partial charge in [0.15, 0.2) is 0 Å². The molecule has 1 aliphatic heterocycles. The highest BCUT2D eigenvalue weighted by Gasteiger charge is 2.21. The van der Waals surface area contributed by atoms with Crippen molar-refractivity contribution in [1.29, 1.82) is 0 Å². The molecule has 1 fully saturated rings. The van der Waals surface area contributed by atoms with E-state index >= 15 is 0 Å². The number of carbonyl (C=O) groups excluding carboxylic acids is 1. The second kappa shape index (κ2) is 10.4. The summed E-state index contributed by atoms with van der Waals surface area (Å²) < 4.78 is 10.7. The van der Waals surface area contributed by atoms with Crippen molar-refractivity contribution in [3.63, 3.8) is 0 Å². The Balaban J connectivity index is 1.32. The van der Waals surface area contributed by atoms with Crippen LogP contribution in [-0.4, -0.2) is 67.2 Å². The summed E-state index contributed by atoms with van der Waals surface area (Å²) in [7, 11) is 3.24. The quantitative estimate of drug-likeness (QED) is 0.510. The maximum absolute atomic E-state index is 12.7. The third-order valence-electron chi connectivity index (χ3n) is 5.42. The van der Waals surface area contributed by atoms with Gasteiger partial charge in [0.1, 0.15) is 16.5 Å². The number of para-hydroxylation sites is 1. The molecule has 0 unspecified atom stereocenters. The summed E-state index contributed by atoms with van der Waals surface area (Å²) in [6.07, 6.45) is 0. The number of piperazine rings is 1. The van der Waals surface area contributed by atoms with E-state index in [1.807, 2.05) is 53.4 Å². The molecule has 32 heavy (non-hydrogen) atoms. The van der Waals surface area contributed by atoms with E-state index in [-0.39, 0.29) is 5.91 Å². The number of methoxy groups -OCH3 is 2. The van der Waals surface area contributed by atoms with Crippen molar-refractivity contribution >= 4 is 23.4 Å². The summed E-state index contributed by atoms with van der Waals surface area (Å²) >= 11 is 1.41. The van der Waals surface area contributed by atoms with Crippen molar-refractivity contribution < 1.29 is 14.3 Å². The molecule has 2 aromatic carbocycles. The van der Waals surface area contributed by atoms with Gasteiger partial charge in [-0.1, -0.05) is 30.0 Å². The molecule has 0 spiro atoms. The minimum Gasteiger partial charge on any atom is -0.497 e. The Morgan fingerprint density at radius 2 is 1.72 bits per heavy atom. The highest BCUT2D eigenvalue weighted by Crippen LogP contribution is 2.32. The molecule has 0 aliphatic carbocycles. The minimum absolute atomic E-state index is 0.128. The molecule has 166 valence electrons. The van der Waals surface area contributed by atoms with E-state index < -0.39 is 0 Å². The summed E-state index contributed by atoms with van der Waals surface area (Å²) in [5, 5.41) is 9.34. The molecule has 0 bridgehead atoms. The molecule has 2 heterocycles. The van der Waals surface area contributed by atoms with Crippen LogP contribution >= 0.6 is 11.8 Å². The second-order valence-corrected chi connectivity index (χ2v) is 8.31.